The number of carbonyl (C=O) groups excluding carboxylic acids is 1. The Kier molecular flexibility index (Phi) is 4.44. The van der Waals surface area contributed by atoms with E-state index in [1.807, 2.05) is 4.90 Å². The van der Waals surface area contributed by atoms with Crippen LogP contribution in [0.2, 0.25) is 0 Å². The van der Waals surface area contributed by atoms with Gasteiger partial charge in [0.25, 0.3) is 0 Å². The van der Waals surface area contributed by atoms with Gasteiger partial charge in [-0.15, -0.1) is 0 Å². The molecule has 1 aliphatic heterocycles. The summed E-state index contributed by atoms with van der Waals surface area (Å²) < 4.78 is 5.37. The van der Waals surface area contributed by atoms with Crippen LogP contribution in [0.1, 0.15) is 30.4 Å². The molecule has 3 rings (SSSR count). The van der Waals surface area contributed by atoms with Crippen molar-refractivity contribution in [1.29, 1.82) is 0 Å². The highest BCUT2D eigenvalue weighted by atomic mass is 16.5. The van der Waals surface area contributed by atoms with E-state index in [0.29, 0.717) is 6.10 Å². The van der Waals surface area contributed by atoms with Crippen LogP contribution in [-0.2, 0) is 17.6 Å². The molecule has 4 heteroatoms. The van der Waals surface area contributed by atoms with Crippen LogP contribution in [0.3, 0.4) is 0 Å². The number of hydrogen-bond donors (Lipinski definition) is 1. The number of benzene rings is 1. The van der Waals surface area contributed by atoms with E-state index in [9.17, 15) is 4.79 Å². The molecule has 2 amide bonds. The maximum absolute atomic E-state index is 12.4. The van der Waals surface area contributed by atoms with Crippen LogP contribution >= 0.6 is 0 Å². The Morgan fingerprint density at radius 1 is 1.19 bits per heavy atom. The summed E-state index contributed by atoms with van der Waals surface area (Å²) in [6.07, 6.45) is 5.23. The maximum atomic E-state index is 12.4. The van der Waals surface area contributed by atoms with Crippen molar-refractivity contribution in [2.24, 2.45) is 0 Å². The molecule has 2 aliphatic rings. The number of carbonyl (C=O) groups is 1. The van der Waals surface area contributed by atoms with E-state index in [0.717, 1.165) is 45.2 Å². The van der Waals surface area contributed by atoms with Gasteiger partial charge >= 0.3 is 6.03 Å². The first kappa shape index (κ1) is 14.4. The van der Waals surface area contributed by atoms with Gasteiger partial charge in [-0.1, -0.05) is 24.3 Å². The molecule has 0 radical (unpaired) electrons. The first-order valence-corrected chi connectivity index (χ1v) is 7.91. The van der Waals surface area contributed by atoms with Gasteiger partial charge in [0.05, 0.1) is 6.10 Å². The molecule has 21 heavy (non-hydrogen) atoms. The average Bonchev–Trinajstić information content (AvgIpc) is 2.84. The second-order valence-corrected chi connectivity index (χ2v) is 6.07. The number of nitrogens with one attached hydrogen (secondary N) is 1. The molecule has 0 unspecified atom stereocenters. The van der Waals surface area contributed by atoms with Crippen LogP contribution in [0.25, 0.3) is 0 Å². The number of nitrogens with zero attached hydrogens (tertiary/aromatic N) is 1. The summed E-state index contributed by atoms with van der Waals surface area (Å²) in [7, 11) is 1.75. The van der Waals surface area contributed by atoms with Crippen molar-refractivity contribution in [3.05, 3.63) is 35.4 Å². The van der Waals surface area contributed by atoms with E-state index in [2.05, 4.69) is 29.6 Å². The van der Waals surface area contributed by atoms with Crippen molar-refractivity contribution in [2.45, 2.75) is 44.2 Å². The van der Waals surface area contributed by atoms with Crippen molar-refractivity contribution >= 4 is 6.03 Å². The molecule has 1 heterocycles. The van der Waals surface area contributed by atoms with E-state index in [1.54, 1.807) is 7.11 Å². The Hall–Kier alpha value is -1.55. The van der Waals surface area contributed by atoms with Crippen molar-refractivity contribution in [1.82, 2.24) is 10.2 Å². The van der Waals surface area contributed by atoms with E-state index < -0.39 is 0 Å². The van der Waals surface area contributed by atoms with Crippen LogP contribution in [0.5, 0.6) is 0 Å². The summed E-state index contributed by atoms with van der Waals surface area (Å²) in [4.78, 5) is 14.4. The fourth-order valence-electron chi connectivity index (χ4n) is 3.42. The molecular weight excluding hydrogens is 264 g/mol. The Labute approximate surface area is 126 Å². The van der Waals surface area contributed by atoms with Gasteiger partial charge in [0, 0.05) is 26.2 Å². The zero-order chi connectivity index (χ0) is 14.7. The van der Waals surface area contributed by atoms with Crippen LogP contribution in [-0.4, -0.2) is 43.3 Å². The normalized spacial score (nSPS) is 25.3. The number of ether oxygens (including phenoxy) is 1. The molecule has 0 spiro atoms. The molecule has 1 aliphatic carbocycles. The minimum Gasteiger partial charge on any atom is -0.381 e. The minimum atomic E-state index is 0.0876. The molecule has 1 aromatic carbocycles. The molecule has 0 aromatic heterocycles. The van der Waals surface area contributed by atoms with Crippen molar-refractivity contribution in [2.75, 3.05) is 20.2 Å². The number of amides is 2. The number of fused-ring (bicyclic) bond motifs is 1. The highest BCUT2D eigenvalue weighted by molar-refractivity contribution is 5.74. The predicted molar refractivity (Wildman–Crippen MR) is 82.4 cm³/mol. The molecule has 1 saturated carbocycles. The lowest BCUT2D eigenvalue weighted by Crippen LogP contribution is -2.45. The Bertz CT molecular complexity index is 476. The quantitative estimate of drug-likeness (QED) is 0.907. The highest BCUT2D eigenvalue weighted by Crippen LogP contribution is 2.22. The van der Waals surface area contributed by atoms with E-state index in [-0.39, 0.29) is 12.1 Å². The van der Waals surface area contributed by atoms with Crippen molar-refractivity contribution < 1.29 is 9.53 Å². The highest BCUT2D eigenvalue weighted by Gasteiger charge is 2.27. The van der Waals surface area contributed by atoms with Gasteiger partial charge in [-0.3, -0.25) is 0 Å². The molecule has 0 saturated heterocycles. The van der Waals surface area contributed by atoms with Gasteiger partial charge in [0.2, 0.25) is 0 Å². The second kappa shape index (κ2) is 6.48. The van der Waals surface area contributed by atoms with Crippen molar-refractivity contribution in [3.8, 4) is 0 Å². The van der Waals surface area contributed by atoms with E-state index >= 15 is 0 Å². The summed E-state index contributed by atoms with van der Waals surface area (Å²) in [5.41, 5.74) is 2.77. The third kappa shape index (κ3) is 3.38. The van der Waals surface area contributed by atoms with Crippen LogP contribution in [0, 0.1) is 0 Å². The topological polar surface area (TPSA) is 41.6 Å². The fraction of sp³-hybridized carbons (Fsp3) is 0.588. The maximum Gasteiger partial charge on any atom is 0.317 e. The summed E-state index contributed by atoms with van der Waals surface area (Å²) in [5.74, 6) is 0. The Morgan fingerprint density at radius 3 is 2.43 bits per heavy atom. The summed E-state index contributed by atoms with van der Waals surface area (Å²) in [6.45, 7) is 1.62. The van der Waals surface area contributed by atoms with E-state index in [4.69, 9.17) is 4.74 Å². The van der Waals surface area contributed by atoms with Crippen molar-refractivity contribution in [3.63, 3.8) is 0 Å². The largest absolute Gasteiger partial charge is 0.381 e. The second-order valence-electron chi connectivity index (χ2n) is 6.07. The van der Waals surface area contributed by atoms with Gasteiger partial charge in [-0.25, -0.2) is 4.79 Å². The van der Waals surface area contributed by atoms with Gasteiger partial charge in [-0.05, 0) is 43.2 Å². The smallest absolute Gasteiger partial charge is 0.317 e. The van der Waals surface area contributed by atoms with Gasteiger partial charge < -0.3 is 15.0 Å². The lowest BCUT2D eigenvalue weighted by atomic mass is 10.0. The Balaban J connectivity index is 1.55. The zero-order valence-electron chi connectivity index (χ0n) is 12.7. The van der Waals surface area contributed by atoms with Gasteiger partial charge in [0.1, 0.15) is 0 Å². The average molecular weight is 288 g/mol. The molecule has 1 fully saturated rings. The SMILES string of the molecule is CO[C@@H]1CC[C@H](NC(=O)N2CCc3ccccc3CC2)C1. The molecule has 1 aromatic rings. The summed E-state index contributed by atoms with van der Waals surface area (Å²) in [5, 5.41) is 3.17. The van der Waals surface area contributed by atoms with Crippen LogP contribution in [0.15, 0.2) is 24.3 Å². The summed E-state index contributed by atoms with van der Waals surface area (Å²) in [6, 6.07) is 8.88. The Morgan fingerprint density at radius 2 is 1.86 bits per heavy atom. The minimum absolute atomic E-state index is 0.0876. The number of methoxy groups -OCH3 is 1. The van der Waals surface area contributed by atoms with Crippen LogP contribution in [0.4, 0.5) is 4.79 Å². The molecule has 4 nitrogen and oxygen atoms in total. The molecule has 0 bridgehead atoms. The third-order valence-corrected chi connectivity index (χ3v) is 4.75. The molecule has 2 atom stereocenters. The first-order chi connectivity index (χ1) is 10.3. The molecule has 114 valence electrons. The standard InChI is InChI=1S/C17H24N2O2/c1-21-16-7-6-15(12-16)18-17(20)19-10-8-13-4-2-3-5-14(13)9-11-19/h2-5,15-16H,6-12H2,1H3,(H,18,20)/t15-,16+/m0/s1. The number of urea groups is 1. The first-order valence-electron chi connectivity index (χ1n) is 7.91. The summed E-state index contributed by atoms with van der Waals surface area (Å²) >= 11 is 0. The zero-order valence-corrected chi connectivity index (χ0v) is 12.7. The monoisotopic (exact) mass is 288 g/mol. The predicted octanol–water partition coefficient (Wildman–Crippen LogP) is 2.36. The van der Waals surface area contributed by atoms with Gasteiger partial charge in [0.15, 0.2) is 0 Å². The number of hydrogen-bond acceptors (Lipinski definition) is 2. The molecular formula is C17H24N2O2. The van der Waals surface area contributed by atoms with Gasteiger partial charge in [-0.2, -0.15) is 0 Å². The van der Waals surface area contributed by atoms with Crippen LogP contribution < -0.4 is 5.32 Å². The third-order valence-electron chi connectivity index (χ3n) is 4.75. The number of rotatable bonds is 2. The molecule has 1 N–H and O–H groups in total. The fourth-order valence-corrected chi connectivity index (χ4v) is 3.42. The van der Waals surface area contributed by atoms with E-state index in [1.165, 1.54) is 11.1 Å². The lowest BCUT2D eigenvalue weighted by molar-refractivity contribution is 0.107. The lowest BCUT2D eigenvalue weighted by Gasteiger charge is -2.23.